The van der Waals surface area contributed by atoms with Gasteiger partial charge in [-0.2, -0.15) is 0 Å². The summed E-state index contributed by atoms with van der Waals surface area (Å²) >= 11 is 0. The Labute approximate surface area is 135 Å². The average molecular weight is 345 g/mol. The van der Waals surface area contributed by atoms with E-state index in [1.54, 1.807) is 0 Å². The largest absolute Gasteiger partial charge is 0.545 e. The van der Waals surface area contributed by atoms with E-state index in [-0.39, 0.29) is 16.6 Å². The number of hydrogen-bond donors (Lipinski definition) is 7. The minimum absolute atomic E-state index is 0.0101. The highest BCUT2D eigenvalue weighted by Crippen LogP contribution is 2.26. The molecule has 1 aromatic carbocycles. The highest BCUT2D eigenvalue weighted by molar-refractivity contribution is 5.88. The van der Waals surface area contributed by atoms with Gasteiger partial charge in [0.1, 0.15) is 24.4 Å². The number of aromatic carboxylic acids is 1. The lowest BCUT2D eigenvalue weighted by Gasteiger charge is -2.40. The first-order valence-electron chi connectivity index (χ1n) is 6.86. The molecule has 0 saturated carbocycles. The van der Waals surface area contributed by atoms with Crippen molar-refractivity contribution in [3.63, 3.8) is 0 Å². The fraction of sp³-hybridized carbons (Fsp3) is 0.462. The van der Waals surface area contributed by atoms with Crippen molar-refractivity contribution in [1.29, 1.82) is 0 Å². The van der Waals surface area contributed by atoms with Gasteiger partial charge in [0.05, 0.1) is 18.3 Å². The van der Waals surface area contributed by atoms with Gasteiger partial charge < -0.3 is 40.4 Å². The summed E-state index contributed by atoms with van der Waals surface area (Å²) in [5, 5.41) is 69.7. The molecule has 0 aliphatic carbocycles. The molecule has 1 aliphatic heterocycles. The second-order valence-corrected chi connectivity index (χ2v) is 5.24. The molecule has 1 aromatic rings. The van der Waals surface area contributed by atoms with E-state index in [4.69, 9.17) is 20.3 Å². The Morgan fingerprint density at radius 2 is 1.83 bits per heavy atom. The van der Waals surface area contributed by atoms with Gasteiger partial charge in [-0.25, -0.2) is 0 Å². The fourth-order valence-electron chi connectivity index (χ4n) is 2.31. The molecule has 1 saturated heterocycles. The zero-order valence-corrected chi connectivity index (χ0v) is 12.2. The predicted molar refractivity (Wildman–Crippen MR) is 74.2 cm³/mol. The molecule has 1 aliphatic rings. The van der Waals surface area contributed by atoms with Crippen molar-refractivity contribution in [2.75, 3.05) is 17.2 Å². The number of carbonyl (C=O) groups excluding carboxylic acids is 1. The maximum absolute atomic E-state index is 11.0. The van der Waals surface area contributed by atoms with Crippen molar-refractivity contribution in [3.8, 4) is 0 Å². The molecular formula is C13H17N2O9-. The Morgan fingerprint density at radius 1 is 1.17 bits per heavy atom. The van der Waals surface area contributed by atoms with E-state index in [9.17, 15) is 25.2 Å². The van der Waals surface area contributed by atoms with Gasteiger partial charge in [-0.05, 0) is 18.2 Å². The maximum atomic E-state index is 11.0. The smallest absolute Gasteiger partial charge is 0.157 e. The van der Waals surface area contributed by atoms with Gasteiger partial charge in [-0.1, -0.05) is 0 Å². The van der Waals surface area contributed by atoms with E-state index >= 15 is 0 Å². The predicted octanol–water partition coefficient (Wildman–Crippen LogP) is -3.15. The minimum atomic E-state index is -1.62. The third-order valence-electron chi connectivity index (χ3n) is 3.59. The summed E-state index contributed by atoms with van der Waals surface area (Å²) in [4.78, 5) is 11.0. The van der Waals surface area contributed by atoms with Gasteiger partial charge in [0, 0.05) is 11.3 Å². The summed E-state index contributed by atoms with van der Waals surface area (Å²) in [5.74, 6) is -1.59. The highest BCUT2D eigenvalue weighted by Gasteiger charge is 2.43. The summed E-state index contributed by atoms with van der Waals surface area (Å²) in [6.45, 7) is -0.630. The Morgan fingerprint density at radius 3 is 2.38 bits per heavy atom. The first-order chi connectivity index (χ1) is 11.2. The number of nitrogens with one attached hydrogen (secondary N) is 1. The first kappa shape index (κ1) is 18.4. The van der Waals surface area contributed by atoms with Crippen LogP contribution in [-0.4, -0.2) is 74.1 Å². The number of aliphatic hydroxyl groups is 4. The van der Waals surface area contributed by atoms with Crippen molar-refractivity contribution >= 4 is 17.3 Å². The van der Waals surface area contributed by atoms with Gasteiger partial charge in [0.15, 0.2) is 6.23 Å². The Kier molecular flexibility index (Phi) is 5.56. The van der Waals surface area contributed by atoms with Gasteiger partial charge in [-0.3, -0.25) is 10.4 Å². The van der Waals surface area contributed by atoms with E-state index < -0.39 is 48.8 Å². The SMILES string of the molecule is O=C([O-])c1cc(N[C@@H]2O[C@@H](CO)[C@@H](O)[C@@H](O)[C@@H]2O)cc(N(O)O)c1. The number of nitrogens with zero attached hydrogens (tertiary/aromatic N) is 1. The third kappa shape index (κ3) is 3.73. The van der Waals surface area contributed by atoms with Crippen molar-refractivity contribution in [2.24, 2.45) is 0 Å². The molecule has 11 nitrogen and oxygen atoms in total. The maximum Gasteiger partial charge on any atom is 0.157 e. The van der Waals surface area contributed by atoms with Crippen LogP contribution < -0.4 is 15.6 Å². The highest BCUT2D eigenvalue weighted by atomic mass is 16.8. The second kappa shape index (κ2) is 7.27. The Balaban J connectivity index is 2.27. The second-order valence-electron chi connectivity index (χ2n) is 5.24. The molecule has 1 heterocycles. The standard InChI is InChI=1S/C13H18N2O9/c16-4-8-9(17)10(18)11(19)12(24-8)14-6-1-5(13(20)21)2-7(3-6)15(22)23/h1-3,8-12,14,16-19,22-23H,4H2,(H,20,21)/p-1/t8-,9+,10+,11-,12+/m0/s1. The number of carbonyl (C=O) groups is 1. The van der Waals surface area contributed by atoms with Crippen molar-refractivity contribution in [1.82, 2.24) is 0 Å². The van der Waals surface area contributed by atoms with Gasteiger partial charge in [-0.15, -0.1) is 5.23 Å². The lowest BCUT2D eigenvalue weighted by Crippen LogP contribution is -2.60. The quantitative estimate of drug-likeness (QED) is 0.267. The molecule has 5 atom stereocenters. The molecule has 24 heavy (non-hydrogen) atoms. The van der Waals surface area contributed by atoms with Gasteiger partial charge in [0.2, 0.25) is 0 Å². The number of aliphatic hydroxyl groups excluding tert-OH is 4. The molecule has 0 radical (unpaired) electrons. The van der Waals surface area contributed by atoms with E-state index in [0.29, 0.717) is 0 Å². The molecule has 134 valence electrons. The minimum Gasteiger partial charge on any atom is -0.545 e. The zero-order valence-electron chi connectivity index (χ0n) is 12.2. The van der Waals surface area contributed by atoms with Crippen LogP contribution in [0.4, 0.5) is 11.4 Å². The number of ether oxygens (including phenoxy) is 1. The van der Waals surface area contributed by atoms with Crippen LogP contribution in [0.2, 0.25) is 0 Å². The van der Waals surface area contributed by atoms with Crippen molar-refractivity contribution < 1.29 is 45.5 Å². The van der Waals surface area contributed by atoms with E-state index in [2.05, 4.69) is 5.32 Å². The van der Waals surface area contributed by atoms with Crippen LogP contribution >= 0.6 is 0 Å². The lowest BCUT2D eigenvalue weighted by atomic mass is 9.98. The van der Waals surface area contributed by atoms with Gasteiger partial charge in [0.25, 0.3) is 0 Å². The van der Waals surface area contributed by atoms with E-state index in [1.807, 2.05) is 0 Å². The number of benzene rings is 1. The zero-order chi connectivity index (χ0) is 18.0. The summed E-state index contributed by atoms with van der Waals surface area (Å²) in [6, 6.07) is 3.12. The normalized spacial score (nSPS) is 30.0. The Bertz CT molecular complexity index is 595. The van der Waals surface area contributed by atoms with Gasteiger partial charge >= 0.3 is 0 Å². The lowest BCUT2D eigenvalue weighted by molar-refractivity contribution is -0.255. The Hall–Kier alpha value is -1.99. The topological polar surface area (TPSA) is 186 Å². The fourth-order valence-corrected chi connectivity index (χ4v) is 2.31. The molecule has 0 aromatic heterocycles. The monoisotopic (exact) mass is 345 g/mol. The van der Waals surface area contributed by atoms with Crippen LogP contribution in [0, 0.1) is 0 Å². The van der Waals surface area contributed by atoms with Crippen molar-refractivity contribution in [2.45, 2.75) is 30.6 Å². The molecule has 11 heteroatoms. The molecule has 7 N–H and O–H groups in total. The molecule has 0 amide bonds. The first-order valence-corrected chi connectivity index (χ1v) is 6.86. The molecule has 1 fully saturated rings. The number of carboxylic acids is 1. The average Bonchev–Trinajstić information content (AvgIpc) is 2.55. The molecule has 0 bridgehead atoms. The molecular weight excluding hydrogens is 328 g/mol. The van der Waals surface area contributed by atoms with Crippen LogP contribution in [0.3, 0.4) is 0 Å². The number of hydrogen-bond acceptors (Lipinski definition) is 11. The van der Waals surface area contributed by atoms with Crippen LogP contribution in [0.15, 0.2) is 18.2 Å². The summed E-state index contributed by atoms with van der Waals surface area (Å²) in [7, 11) is 0. The number of rotatable bonds is 5. The summed E-state index contributed by atoms with van der Waals surface area (Å²) in [6.07, 6.45) is -7.23. The third-order valence-corrected chi connectivity index (χ3v) is 3.59. The van der Waals surface area contributed by atoms with E-state index in [0.717, 1.165) is 18.2 Å². The van der Waals surface area contributed by atoms with E-state index in [1.165, 1.54) is 0 Å². The summed E-state index contributed by atoms with van der Waals surface area (Å²) in [5.41, 5.74) is -0.722. The summed E-state index contributed by atoms with van der Waals surface area (Å²) < 4.78 is 5.21. The van der Waals surface area contributed by atoms with Crippen LogP contribution in [-0.2, 0) is 4.74 Å². The molecule has 2 rings (SSSR count). The van der Waals surface area contributed by atoms with Crippen LogP contribution in [0.25, 0.3) is 0 Å². The molecule has 0 unspecified atom stereocenters. The van der Waals surface area contributed by atoms with Crippen LogP contribution in [0.1, 0.15) is 10.4 Å². The number of anilines is 2. The van der Waals surface area contributed by atoms with Crippen LogP contribution in [0.5, 0.6) is 0 Å². The molecule has 0 spiro atoms. The number of carboxylic acid groups (broad SMARTS) is 1. The van der Waals surface area contributed by atoms with Crippen molar-refractivity contribution in [3.05, 3.63) is 23.8 Å².